The number of pyridine rings is 1. The minimum atomic E-state index is 0.731. The van der Waals surface area contributed by atoms with Gasteiger partial charge in [0, 0.05) is 18.1 Å². The minimum absolute atomic E-state index is 0.731. The lowest BCUT2D eigenvalue weighted by molar-refractivity contribution is -0.671. The molecule has 0 saturated heterocycles. The number of hydrogen-bond acceptors (Lipinski definition) is 1. The quantitative estimate of drug-likeness (QED) is 0.457. The van der Waals surface area contributed by atoms with Gasteiger partial charge in [0.1, 0.15) is 7.05 Å². The zero-order valence-corrected chi connectivity index (χ0v) is 6.04. The highest BCUT2D eigenvalue weighted by atomic mass is 14.9. The average Bonchev–Trinajstić information content (AvgIpc) is 1.88. The van der Waals surface area contributed by atoms with Gasteiger partial charge in [0.2, 0.25) is 0 Å². The molecule has 0 fully saturated rings. The van der Waals surface area contributed by atoms with Gasteiger partial charge in [-0.25, -0.2) is 4.57 Å². The van der Waals surface area contributed by atoms with Crippen molar-refractivity contribution in [2.75, 3.05) is 0 Å². The molecule has 0 aliphatic heterocycles. The van der Waals surface area contributed by atoms with Crippen molar-refractivity contribution in [3.05, 3.63) is 30.1 Å². The third-order valence-corrected chi connectivity index (χ3v) is 1.34. The Balaban J connectivity index is 2.84. The Bertz CT molecular complexity index is 230. The van der Waals surface area contributed by atoms with Crippen LogP contribution in [-0.4, -0.2) is 6.21 Å². The summed E-state index contributed by atoms with van der Waals surface area (Å²) in [5, 5.41) is 6.88. The van der Waals surface area contributed by atoms with E-state index in [-0.39, 0.29) is 0 Å². The van der Waals surface area contributed by atoms with Gasteiger partial charge < -0.3 is 5.41 Å². The van der Waals surface area contributed by atoms with Crippen LogP contribution < -0.4 is 4.57 Å². The molecule has 1 aromatic rings. The van der Waals surface area contributed by atoms with E-state index in [9.17, 15) is 0 Å². The van der Waals surface area contributed by atoms with E-state index in [4.69, 9.17) is 5.41 Å². The van der Waals surface area contributed by atoms with Gasteiger partial charge in [0.05, 0.1) is 0 Å². The van der Waals surface area contributed by atoms with E-state index >= 15 is 0 Å². The Morgan fingerprint density at radius 2 is 2.50 bits per heavy atom. The Hall–Kier alpha value is -1.18. The third-order valence-electron chi connectivity index (χ3n) is 1.34. The predicted molar refractivity (Wildman–Crippen MR) is 40.1 cm³/mol. The summed E-state index contributed by atoms with van der Waals surface area (Å²) in [6.07, 6.45) is 6.14. The van der Waals surface area contributed by atoms with Crippen molar-refractivity contribution in [1.29, 1.82) is 5.41 Å². The van der Waals surface area contributed by atoms with Crippen molar-refractivity contribution in [2.24, 2.45) is 7.05 Å². The van der Waals surface area contributed by atoms with Gasteiger partial charge >= 0.3 is 0 Å². The van der Waals surface area contributed by atoms with Gasteiger partial charge in [-0.2, -0.15) is 0 Å². The van der Waals surface area contributed by atoms with E-state index in [1.54, 1.807) is 0 Å². The molecule has 0 saturated carbocycles. The molecule has 0 amide bonds. The van der Waals surface area contributed by atoms with Crippen LogP contribution in [0, 0.1) is 5.41 Å². The molecule has 2 heteroatoms. The predicted octanol–water partition coefficient (Wildman–Crippen LogP) is 0.703. The topological polar surface area (TPSA) is 27.7 Å². The van der Waals surface area contributed by atoms with Crippen molar-refractivity contribution < 1.29 is 4.57 Å². The average molecular weight is 135 g/mol. The molecule has 52 valence electrons. The molecule has 0 spiro atoms. The van der Waals surface area contributed by atoms with Crippen LogP contribution in [0.3, 0.4) is 0 Å². The summed E-state index contributed by atoms with van der Waals surface area (Å²) in [5.41, 5.74) is 1.18. The van der Waals surface area contributed by atoms with Crippen LogP contribution in [0.1, 0.15) is 5.56 Å². The molecule has 0 bridgehead atoms. The first kappa shape index (κ1) is 6.93. The van der Waals surface area contributed by atoms with Crippen LogP contribution in [0.25, 0.3) is 0 Å². The maximum Gasteiger partial charge on any atom is 0.172 e. The SMILES string of the molecule is C[n+]1cccc(CC=N)c1. The van der Waals surface area contributed by atoms with Crippen molar-refractivity contribution in [3.8, 4) is 0 Å². The highest BCUT2D eigenvalue weighted by Gasteiger charge is 1.93. The Labute approximate surface area is 60.6 Å². The van der Waals surface area contributed by atoms with Gasteiger partial charge in [0.25, 0.3) is 0 Å². The first-order valence-electron chi connectivity index (χ1n) is 3.26. The van der Waals surface area contributed by atoms with Crippen molar-refractivity contribution in [2.45, 2.75) is 6.42 Å². The minimum Gasteiger partial charge on any atom is -0.313 e. The molecule has 0 atom stereocenters. The van der Waals surface area contributed by atoms with Gasteiger partial charge in [-0.05, 0) is 12.3 Å². The molecule has 0 aliphatic rings. The summed E-state index contributed by atoms with van der Waals surface area (Å²) in [5.74, 6) is 0. The summed E-state index contributed by atoms with van der Waals surface area (Å²) in [6.45, 7) is 0. The maximum absolute atomic E-state index is 6.88. The van der Waals surface area contributed by atoms with Crippen molar-refractivity contribution in [3.63, 3.8) is 0 Å². The molecule has 0 aliphatic carbocycles. The standard InChI is InChI=1S/C8H11N2/c1-10-6-2-3-8(7-10)4-5-9/h2-3,5-7,9H,4H2,1H3/q+1. The molecule has 0 unspecified atom stereocenters. The van der Waals surface area contributed by atoms with E-state index in [1.807, 2.05) is 36.1 Å². The Kier molecular flexibility index (Phi) is 2.15. The molecule has 2 nitrogen and oxygen atoms in total. The molecule has 0 radical (unpaired) electrons. The molecule has 1 N–H and O–H groups in total. The molecule has 10 heavy (non-hydrogen) atoms. The second-order valence-electron chi connectivity index (χ2n) is 2.29. The second kappa shape index (κ2) is 3.11. The molecule has 1 rings (SSSR count). The summed E-state index contributed by atoms with van der Waals surface area (Å²) in [7, 11) is 1.98. The largest absolute Gasteiger partial charge is 0.313 e. The smallest absolute Gasteiger partial charge is 0.172 e. The maximum atomic E-state index is 6.88. The Morgan fingerprint density at radius 1 is 1.70 bits per heavy atom. The highest BCUT2D eigenvalue weighted by Crippen LogP contribution is 1.91. The fraction of sp³-hybridized carbons (Fsp3) is 0.250. The number of nitrogens with one attached hydrogen (secondary N) is 1. The van der Waals surface area contributed by atoms with Gasteiger partial charge in [-0.1, -0.05) is 0 Å². The number of hydrogen-bond donors (Lipinski definition) is 1. The number of rotatable bonds is 2. The lowest BCUT2D eigenvalue weighted by atomic mass is 10.2. The van der Waals surface area contributed by atoms with E-state index in [2.05, 4.69) is 0 Å². The molecule has 0 aromatic carbocycles. The first-order chi connectivity index (χ1) is 4.83. The van der Waals surface area contributed by atoms with E-state index in [0.29, 0.717) is 0 Å². The third kappa shape index (κ3) is 1.65. The lowest BCUT2D eigenvalue weighted by Gasteiger charge is -1.90. The van der Waals surface area contributed by atoms with E-state index in [1.165, 1.54) is 11.8 Å². The number of nitrogens with zero attached hydrogens (tertiary/aromatic N) is 1. The van der Waals surface area contributed by atoms with Crippen LogP contribution in [0.4, 0.5) is 0 Å². The highest BCUT2D eigenvalue weighted by molar-refractivity contribution is 5.57. The van der Waals surface area contributed by atoms with Crippen LogP contribution >= 0.6 is 0 Å². The van der Waals surface area contributed by atoms with Gasteiger partial charge in [-0.3, -0.25) is 0 Å². The Morgan fingerprint density at radius 3 is 3.10 bits per heavy atom. The summed E-state index contributed by atoms with van der Waals surface area (Å²) < 4.78 is 1.98. The molecular formula is C8H11N2+. The second-order valence-corrected chi connectivity index (χ2v) is 2.29. The fourth-order valence-corrected chi connectivity index (χ4v) is 0.889. The van der Waals surface area contributed by atoms with Gasteiger partial charge in [0.15, 0.2) is 12.4 Å². The van der Waals surface area contributed by atoms with Crippen molar-refractivity contribution >= 4 is 6.21 Å². The zero-order chi connectivity index (χ0) is 7.40. The fourth-order valence-electron chi connectivity index (χ4n) is 0.889. The molecular weight excluding hydrogens is 124 g/mol. The van der Waals surface area contributed by atoms with Crippen LogP contribution in [0.2, 0.25) is 0 Å². The number of aromatic nitrogens is 1. The summed E-state index contributed by atoms with van der Waals surface area (Å²) in [4.78, 5) is 0. The lowest BCUT2D eigenvalue weighted by Crippen LogP contribution is -2.26. The zero-order valence-electron chi connectivity index (χ0n) is 6.04. The van der Waals surface area contributed by atoms with Crippen LogP contribution in [0.5, 0.6) is 0 Å². The van der Waals surface area contributed by atoms with Crippen LogP contribution in [-0.2, 0) is 13.5 Å². The molecule has 1 heterocycles. The monoisotopic (exact) mass is 135 g/mol. The van der Waals surface area contributed by atoms with Crippen LogP contribution in [0.15, 0.2) is 24.5 Å². The van der Waals surface area contributed by atoms with E-state index in [0.717, 1.165) is 6.42 Å². The molecule has 1 aromatic heterocycles. The number of aryl methyl sites for hydroxylation is 1. The van der Waals surface area contributed by atoms with E-state index < -0.39 is 0 Å². The van der Waals surface area contributed by atoms with Gasteiger partial charge in [-0.15, -0.1) is 0 Å². The first-order valence-corrected chi connectivity index (χ1v) is 3.26. The normalized spacial score (nSPS) is 9.30. The summed E-state index contributed by atoms with van der Waals surface area (Å²) >= 11 is 0. The van der Waals surface area contributed by atoms with Crippen molar-refractivity contribution in [1.82, 2.24) is 0 Å². The summed E-state index contributed by atoms with van der Waals surface area (Å²) in [6, 6.07) is 4.00.